The second-order valence-electron chi connectivity index (χ2n) is 12.1. The van der Waals surface area contributed by atoms with Crippen molar-refractivity contribution >= 4 is 23.2 Å². The Hall–Kier alpha value is -4.76. The van der Waals surface area contributed by atoms with Gasteiger partial charge in [-0.2, -0.15) is 13.2 Å². The largest absolute Gasteiger partial charge is 0.416 e. The van der Waals surface area contributed by atoms with E-state index in [-0.39, 0.29) is 23.7 Å². The Balaban J connectivity index is 1.02. The molecule has 0 saturated carbocycles. The van der Waals surface area contributed by atoms with E-state index in [0.29, 0.717) is 61.4 Å². The Kier molecular flexibility index (Phi) is 8.40. The fourth-order valence-corrected chi connectivity index (χ4v) is 7.69. The number of likely N-dealkylation sites (tertiary alicyclic amines) is 1. The van der Waals surface area contributed by atoms with Crippen molar-refractivity contribution in [2.24, 2.45) is 0 Å². The molecule has 0 bridgehead atoms. The van der Waals surface area contributed by atoms with Gasteiger partial charge in [-0.15, -0.1) is 11.3 Å². The molecule has 3 heterocycles. The Morgan fingerprint density at radius 3 is 2.19 bits per heavy atom. The second kappa shape index (κ2) is 12.8. The lowest BCUT2D eigenvalue weighted by Gasteiger charge is -2.34. The molecule has 0 N–H and O–H groups in total. The van der Waals surface area contributed by atoms with Gasteiger partial charge < -0.3 is 9.80 Å². The van der Waals surface area contributed by atoms with Gasteiger partial charge in [-0.3, -0.25) is 9.59 Å². The first kappa shape index (κ1) is 30.9. The van der Waals surface area contributed by atoms with Crippen molar-refractivity contribution in [2.45, 2.75) is 37.4 Å². The van der Waals surface area contributed by atoms with Crippen molar-refractivity contribution in [3.63, 3.8) is 0 Å². The van der Waals surface area contributed by atoms with Crippen LogP contribution < -0.4 is 0 Å². The number of aromatic nitrogens is 1. The highest BCUT2D eigenvalue weighted by Crippen LogP contribution is 2.36. The monoisotopic (exact) mass is 651 g/mol. The molecule has 1 unspecified atom stereocenters. The van der Waals surface area contributed by atoms with Gasteiger partial charge >= 0.3 is 6.18 Å². The predicted octanol–water partition coefficient (Wildman–Crippen LogP) is 8.64. The standard InChI is InChI=1S/C38H32F3N3O2S/c39-38(40,41)29-16-14-26(15-17-29)30-11-6-7-13-32(30)36(45)43-20-18-27(19-21-43)35-42-34(24-47-35)37(46)44-22-28-10-4-5-12-31(28)33(23-44)25-8-2-1-3-9-25/h1-17,24,27,33H,18-23H2. The number of piperidine rings is 1. The molecule has 9 heteroatoms. The molecule has 2 amide bonds. The molecular formula is C38H32F3N3O2S. The number of alkyl halides is 3. The number of amides is 2. The quantitative estimate of drug-likeness (QED) is 0.191. The van der Waals surface area contributed by atoms with Crippen molar-refractivity contribution in [3.8, 4) is 11.1 Å². The van der Waals surface area contributed by atoms with Crippen molar-refractivity contribution in [3.05, 3.63) is 147 Å². The Morgan fingerprint density at radius 1 is 0.766 bits per heavy atom. The molecule has 2 aliphatic heterocycles. The van der Waals surface area contributed by atoms with Gasteiger partial charge in [-0.05, 0) is 58.9 Å². The SMILES string of the molecule is O=C(c1csc(C2CCN(C(=O)c3ccccc3-c3ccc(C(F)(F)F)cc3)CC2)n1)N1Cc2ccccc2C(c2ccccc2)C1. The summed E-state index contributed by atoms with van der Waals surface area (Å²) in [5.41, 5.74) is 4.94. The molecule has 0 spiro atoms. The number of fused-ring (bicyclic) bond motifs is 1. The zero-order valence-electron chi connectivity index (χ0n) is 25.5. The van der Waals surface area contributed by atoms with Crippen LogP contribution >= 0.6 is 11.3 Å². The van der Waals surface area contributed by atoms with E-state index < -0.39 is 11.7 Å². The number of thiazole rings is 1. The zero-order valence-corrected chi connectivity index (χ0v) is 26.3. The van der Waals surface area contributed by atoms with E-state index in [1.165, 1.54) is 34.6 Å². The minimum atomic E-state index is -4.42. The molecule has 0 radical (unpaired) electrons. The average molecular weight is 652 g/mol. The van der Waals surface area contributed by atoms with E-state index in [4.69, 9.17) is 4.98 Å². The van der Waals surface area contributed by atoms with E-state index in [1.807, 2.05) is 34.5 Å². The van der Waals surface area contributed by atoms with Crippen molar-refractivity contribution in [2.75, 3.05) is 19.6 Å². The van der Waals surface area contributed by atoms with E-state index in [9.17, 15) is 22.8 Å². The van der Waals surface area contributed by atoms with Crippen LogP contribution in [0.5, 0.6) is 0 Å². The minimum absolute atomic E-state index is 0.0737. The van der Waals surface area contributed by atoms with E-state index in [1.54, 1.807) is 29.2 Å². The van der Waals surface area contributed by atoms with Gasteiger partial charge in [0.05, 0.1) is 10.6 Å². The number of nitrogens with zero attached hydrogens (tertiary/aromatic N) is 3. The van der Waals surface area contributed by atoms with Gasteiger partial charge in [0.25, 0.3) is 11.8 Å². The summed E-state index contributed by atoms with van der Waals surface area (Å²) in [7, 11) is 0. The highest BCUT2D eigenvalue weighted by molar-refractivity contribution is 7.09. The third-order valence-electron chi connectivity index (χ3n) is 9.24. The number of benzene rings is 4. The van der Waals surface area contributed by atoms with Crippen LogP contribution in [-0.2, 0) is 12.7 Å². The van der Waals surface area contributed by atoms with Gasteiger partial charge in [-0.1, -0.05) is 84.9 Å². The first-order chi connectivity index (χ1) is 22.8. The molecule has 47 heavy (non-hydrogen) atoms. The fourth-order valence-electron chi connectivity index (χ4n) is 6.73. The number of carbonyl (C=O) groups excluding carboxylic acids is 2. The molecule has 238 valence electrons. The summed E-state index contributed by atoms with van der Waals surface area (Å²) in [5.74, 6) is 0.00656. The topological polar surface area (TPSA) is 53.5 Å². The van der Waals surface area contributed by atoms with Gasteiger partial charge in [0.2, 0.25) is 0 Å². The molecule has 1 atom stereocenters. The van der Waals surface area contributed by atoms with Crippen LogP contribution in [0.25, 0.3) is 11.1 Å². The van der Waals surface area contributed by atoms with Gasteiger partial charge in [0.15, 0.2) is 0 Å². The number of rotatable bonds is 5. The third-order valence-corrected chi connectivity index (χ3v) is 10.2. The van der Waals surface area contributed by atoms with Gasteiger partial charge in [0.1, 0.15) is 5.69 Å². The van der Waals surface area contributed by atoms with Crippen LogP contribution in [-0.4, -0.2) is 46.2 Å². The Bertz CT molecular complexity index is 1900. The molecule has 1 saturated heterocycles. The fraction of sp³-hybridized carbons (Fsp3) is 0.237. The molecule has 1 aromatic heterocycles. The lowest BCUT2D eigenvalue weighted by molar-refractivity contribution is -0.137. The van der Waals surface area contributed by atoms with Crippen LogP contribution in [0.1, 0.15) is 72.8 Å². The second-order valence-corrected chi connectivity index (χ2v) is 13.0. The smallest absolute Gasteiger partial charge is 0.339 e. The lowest BCUT2D eigenvalue weighted by Crippen LogP contribution is -2.39. The summed E-state index contributed by atoms with van der Waals surface area (Å²) < 4.78 is 39.3. The summed E-state index contributed by atoms with van der Waals surface area (Å²) in [6.45, 7) is 2.17. The number of halogens is 3. The van der Waals surface area contributed by atoms with Gasteiger partial charge in [-0.25, -0.2) is 4.98 Å². The molecule has 5 nitrogen and oxygen atoms in total. The van der Waals surface area contributed by atoms with Crippen LogP contribution in [0, 0.1) is 0 Å². The van der Waals surface area contributed by atoms with Crippen LogP contribution in [0.4, 0.5) is 13.2 Å². The maximum atomic E-state index is 13.8. The van der Waals surface area contributed by atoms with E-state index >= 15 is 0 Å². The summed E-state index contributed by atoms with van der Waals surface area (Å²) in [4.78, 5) is 35.9. The normalized spacial score (nSPS) is 17.0. The molecule has 0 aliphatic carbocycles. The predicted molar refractivity (Wildman–Crippen MR) is 176 cm³/mol. The molecule has 4 aromatic carbocycles. The van der Waals surface area contributed by atoms with Crippen molar-refractivity contribution in [1.29, 1.82) is 0 Å². The summed E-state index contributed by atoms with van der Waals surface area (Å²) in [6.07, 6.45) is -3.00. The number of hydrogen-bond acceptors (Lipinski definition) is 4. The minimum Gasteiger partial charge on any atom is -0.339 e. The highest BCUT2D eigenvalue weighted by Gasteiger charge is 2.33. The molecule has 5 aromatic rings. The summed E-state index contributed by atoms with van der Waals surface area (Å²) >= 11 is 1.50. The number of hydrogen-bond donors (Lipinski definition) is 0. The summed E-state index contributed by atoms with van der Waals surface area (Å²) in [6, 6.07) is 30.5. The van der Waals surface area contributed by atoms with E-state index in [0.717, 1.165) is 22.7 Å². The van der Waals surface area contributed by atoms with Gasteiger partial charge in [0, 0.05) is 49.0 Å². The van der Waals surface area contributed by atoms with Crippen molar-refractivity contribution in [1.82, 2.24) is 14.8 Å². The van der Waals surface area contributed by atoms with E-state index in [2.05, 4.69) is 30.3 Å². The van der Waals surface area contributed by atoms with Crippen LogP contribution in [0.2, 0.25) is 0 Å². The van der Waals surface area contributed by atoms with Crippen molar-refractivity contribution < 1.29 is 22.8 Å². The molecule has 1 fully saturated rings. The van der Waals surface area contributed by atoms with Crippen LogP contribution in [0.15, 0.2) is 109 Å². The molecular weight excluding hydrogens is 619 g/mol. The average Bonchev–Trinajstić information content (AvgIpc) is 3.61. The Morgan fingerprint density at radius 2 is 1.45 bits per heavy atom. The Labute approximate surface area is 275 Å². The zero-order chi connectivity index (χ0) is 32.5. The molecule has 2 aliphatic rings. The number of carbonyl (C=O) groups is 2. The first-order valence-electron chi connectivity index (χ1n) is 15.7. The maximum absolute atomic E-state index is 13.8. The summed E-state index contributed by atoms with van der Waals surface area (Å²) in [5, 5.41) is 2.76. The first-order valence-corrected chi connectivity index (χ1v) is 16.6. The third kappa shape index (κ3) is 6.32. The van der Waals surface area contributed by atoms with Crippen LogP contribution in [0.3, 0.4) is 0 Å². The maximum Gasteiger partial charge on any atom is 0.416 e. The molecule has 7 rings (SSSR count). The lowest BCUT2D eigenvalue weighted by atomic mass is 9.84. The highest BCUT2D eigenvalue weighted by atomic mass is 32.1.